The maximum Gasteiger partial charge on any atom is 0.305 e. The molecule has 21 heavy (non-hydrogen) atoms. The molecular formula is C17H25NO3. The van der Waals surface area contributed by atoms with E-state index in [0.29, 0.717) is 38.3 Å². The smallest absolute Gasteiger partial charge is 0.305 e. The maximum absolute atomic E-state index is 12.0. The van der Waals surface area contributed by atoms with Gasteiger partial charge in [0, 0.05) is 26.4 Å². The standard InChI is InChI=1S/C17H25NO3/c1-14(2)13-21-17(20)11-7-10-16(19)18(3)12-15-8-5-4-6-9-15/h4-6,8-9,14H,7,10-13H2,1-3H3. The molecule has 0 aliphatic rings. The van der Waals surface area contributed by atoms with Gasteiger partial charge in [-0.2, -0.15) is 0 Å². The fourth-order valence-corrected chi connectivity index (χ4v) is 1.85. The van der Waals surface area contributed by atoms with Crippen LogP contribution in [0.1, 0.15) is 38.7 Å². The molecule has 0 radical (unpaired) electrons. The largest absolute Gasteiger partial charge is 0.465 e. The zero-order valence-corrected chi connectivity index (χ0v) is 13.2. The van der Waals surface area contributed by atoms with E-state index in [2.05, 4.69) is 0 Å². The van der Waals surface area contributed by atoms with Gasteiger partial charge in [-0.25, -0.2) is 0 Å². The summed E-state index contributed by atoms with van der Waals surface area (Å²) in [6.07, 6.45) is 1.21. The van der Waals surface area contributed by atoms with Gasteiger partial charge in [0.15, 0.2) is 0 Å². The average Bonchev–Trinajstić information content (AvgIpc) is 2.46. The molecule has 1 aromatic carbocycles. The highest BCUT2D eigenvalue weighted by Crippen LogP contribution is 2.07. The Morgan fingerprint density at radius 1 is 1.14 bits per heavy atom. The van der Waals surface area contributed by atoms with Crippen LogP contribution in [0, 0.1) is 5.92 Å². The fraction of sp³-hybridized carbons (Fsp3) is 0.529. The minimum Gasteiger partial charge on any atom is -0.465 e. The first kappa shape index (κ1) is 17.2. The summed E-state index contributed by atoms with van der Waals surface area (Å²) in [5, 5.41) is 0. The second-order valence-corrected chi connectivity index (χ2v) is 5.67. The fourth-order valence-electron chi connectivity index (χ4n) is 1.85. The molecule has 0 aliphatic carbocycles. The van der Waals surface area contributed by atoms with Crippen LogP contribution in [0.4, 0.5) is 0 Å². The topological polar surface area (TPSA) is 46.6 Å². The van der Waals surface area contributed by atoms with E-state index in [1.807, 2.05) is 44.2 Å². The average molecular weight is 291 g/mol. The zero-order valence-electron chi connectivity index (χ0n) is 13.2. The van der Waals surface area contributed by atoms with Gasteiger partial charge in [0.1, 0.15) is 0 Å². The number of carbonyl (C=O) groups excluding carboxylic acids is 2. The maximum atomic E-state index is 12.0. The normalized spacial score (nSPS) is 10.5. The molecule has 0 unspecified atom stereocenters. The Balaban J connectivity index is 2.22. The third-order valence-corrected chi connectivity index (χ3v) is 3.04. The highest BCUT2D eigenvalue weighted by atomic mass is 16.5. The molecule has 0 fully saturated rings. The van der Waals surface area contributed by atoms with E-state index in [-0.39, 0.29) is 11.9 Å². The van der Waals surface area contributed by atoms with Crippen molar-refractivity contribution in [3.8, 4) is 0 Å². The Bertz CT molecular complexity index is 443. The molecule has 0 bridgehead atoms. The van der Waals surface area contributed by atoms with E-state index in [1.54, 1.807) is 11.9 Å². The number of carbonyl (C=O) groups is 2. The van der Waals surface area contributed by atoms with Crippen LogP contribution in [0.15, 0.2) is 30.3 Å². The van der Waals surface area contributed by atoms with Crippen molar-refractivity contribution >= 4 is 11.9 Å². The number of rotatable bonds is 8. The molecule has 0 N–H and O–H groups in total. The summed E-state index contributed by atoms with van der Waals surface area (Å²) in [6, 6.07) is 9.85. The molecule has 4 nitrogen and oxygen atoms in total. The quantitative estimate of drug-likeness (QED) is 0.692. The first-order chi connectivity index (χ1) is 9.99. The number of amides is 1. The van der Waals surface area contributed by atoms with E-state index in [1.165, 1.54) is 0 Å². The zero-order chi connectivity index (χ0) is 15.7. The van der Waals surface area contributed by atoms with Crippen LogP contribution >= 0.6 is 0 Å². The molecular weight excluding hydrogens is 266 g/mol. The predicted octanol–water partition coefficient (Wildman–Crippen LogP) is 3.01. The lowest BCUT2D eigenvalue weighted by Crippen LogP contribution is -2.26. The van der Waals surface area contributed by atoms with Crippen LogP contribution in [0.3, 0.4) is 0 Å². The Hall–Kier alpha value is -1.84. The minimum atomic E-state index is -0.220. The van der Waals surface area contributed by atoms with Crippen LogP contribution in [0.5, 0.6) is 0 Å². The van der Waals surface area contributed by atoms with Crippen molar-refractivity contribution < 1.29 is 14.3 Å². The van der Waals surface area contributed by atoms with Crippen LogP contribution in [-0.4, -0.2) is 30.4 Å². The summed E-state index contributed by atoms with van der Waals surface area (Å²) in [4.78, 5) is 25.1. The van der Waals surface area contributed by atoms with Gasteiger partial charge in [-0.15, -0.1) is 0 Å². The first-order valence-corrected chi connectivity index (χ1v) is 7.42. The molecule has 0 spiro atoms. The van der Waals surface area contributed by atoms with Gasteiger partial charge in [-0.05, 0) is 17.9 Å². The molecule has 0 heterocycles. The third-order valence-electron chi connectivity index (χ3n) is 3.04. The number of hydrogen-bond donors (Lipinski definition) is 0. The number of hydrogen-bond acceptors (Lipinski definition) is 3. The van der Waals surface area contributed by atoms with Gasteiger partial charge < -0.3 is 9.64 Å². The number of esters is 1. The summed E-state index contributed by atoms with van der Waals surface area (Å²) < 4.78 is 5.08. The Kier molecular flexibility index (Phi) is 7.51. The summed E-state index contributed by atoms with van der Waals surface area (Å²) in [7, 11) is 1.78. The van der Waals surface area contributed by atoms with Gasteiger partial charge in [0.25, 0.3) is 0 Å². The molecule has 0 saturated carbocycles. The highest BCUT2D eigenvalue weighted by molar-refractivity contribution is 5.77. The van der Waals surface area contributed by atoms with Crippen molar-refractivity contribution in [2.24, 2.45) is 5.92 Å². The molecule has 1 amide bonds. The third kappa shape index (κ3) is 7.49. The minimum absolute atomic E-state index is 0.0514. The van der Waals surface area contributed by atoms with E-state index in [4.69, 9.17) is 4.74 Å². The summed E-state index contributed by atoms with van der Waals surface area (Å²) in [5.41, 5.74) is 1.10. The van der Waals surface area contributed by atoms with Crippen LogP contribution in [0.25, 0.3) is 0 Å². The number of nitrogens with zero attached hydrogens (tertiary/aromatic N) is 1. The Labute approximate surface area is 127 Å². The lowest BCUT2D eigenvalue weighted by atomic mass is 10.2. The molecule has 0 aliphatic heterocycles. The monoisotopic (exact) mass is 291 g/mol. The molecule has 1 rings (SSSR count). The highest BCUT2D eigenvalue weighted by Gasteiger charge is 2.11. The molecule has 0 aromatic heterocycles. The van der Waals surface area contributed by atoms with Crippen molar-refractivity contribution in [1.82, 2.24) is 4.90 Å². The van der Waals surface area contributed by atoms with Gasteiger partial charge >= 0.3 is 5.97 Å². The summed E-state index contributed by atoms with van der Waals surface area (Å²) in [6.45, 7) is 5.03. The van der Waals surface area contributed by atoms with Crippen molar-refractivity contribution in [1.29, 1.82) is 0 Å². The van der Waals surface area contributed by atoms with Crippen LogP contribution < -0.4 is 0 Å². The van der Waals surface area contributed by atoms with Gasteiger partial charge in [-0.3, -0.25) is 9.59 Å². The van der Waals surface area contributed by atoms with Crippen LogP contribution in [-0.2, 0) is 20.9 Å². The van der Waals surface area contributed by atoms with Gasteiger partial charge in [-0.1, -0.05) is 44.2 Å². The van der Waals surface area contributed by atoms with Crippen molar-refractivity contribution in [3.63, 3.8) is 0 Å². The molecule has 0 atom stereocenters. The Morgan fingerprint density at radius 3 is 2.43 bits per heavy atom. The van der Waals surface area contributed by atoms with E-state index in [9.17, 15) is 9.59 Å². The molecule has 1 aromatic rings. The first-order valence-electron chi connectivity index (χ1n) is 7.42. The summed E-state index contributed by atoms with van der Waals surface area (Å²) in [5.74, 6) is 0.172. The Morgan fingerprint density at radius 2 is 1.81 bits per heavy atom. The van der Waals surface area contributed by atoms with Gasteiger partial charge in [0.2, 0.25) is 5.91 Å². The lowest BCUT2D eigenvalue weighted by Gasteiger charge is -2.17. The number of benzene rings is 1. The second-order valence-electron chi connectivity index (χ2n) is 5.67. The summed E-state index contributed by atoms with van der Waals surface area (Å²) >= 11 is 0. The van der Waals surface area contributed by atoms with Gasteiger partial charge in [0.05, 0.1) is 6.61 Å². The molecule has 0 saturated heterocycles. The van der Waals surface area contributed by atoms with Crippen molar-refractivity contribution in [3.05, 3.63) is 35.9 Å². The lowest BCUT2D eigenvalue weighted by molar-refractivity contribution is -0.144. The second kappa shape index (κ2) is 9.16. The predicted molar refractivity (Wildman–Crippen MR) is 82.6 cm³/mol. The van der Waals surface area contributed by atoms with Crippen molar-refractivity contribution in [2.45, 2.75) is 39.7 Å². The number of ether oxygens (including phenoxy) is 1. The SMILES string of the molecule is CC(C)COC(=O)CCCC(=O)N(C)Cc1ccccc1. The van der Waals surface area contributed by atoms with E-state index < -0.39 is 0 Å². The molecule has 4 heteroatoms. The molecule has 116 valence electrons. The van der Waals surface area contributed by atoms with Crippen LogP contribution in [0.2, 0.25) is 0 Å². The van der Waals surface area contributed by atoms with E-state index >= 15 is 0 Å². The van der Waals surface area contributed by atoms with E-state index in [0.717, 1.165) is 5.56 Å². The van der Waals surface area contributed by atoms with Crippen molar-refractivity contribution in [2.75, 3.05) is 13.7 Å².